The van der Waals surface area contributed by atoms with Crippen molar-refractivity contribution in [3.05, 3.63) is 35.9 Å². The van der Waals surface area contributed by atoms with Gasteiger partial charge in [0.1, 0.15) is 0 Å². The third-order valence-corrected chi connectivity index (χ3v) is 7.09. The van der Waals surface area contributed by atoms with Gasteiger partial charge in [-0.25, -0.2) is 8.42 Å². The minimum Gasteiger partial charge on any atom is -0.357 e. The number of rotatable bonds is 7. The molecule has 2 fully saturated rings. The standard InChI is InChI=1S/C20H33N5O2S/c1-2-21-20(23-19-8-15-28(26,27)17-19)22-9-10-24-11-13-25(14-12-24)16-18-6-4-3-5-7-18/h3-7,19H,2,8-17H2,1H3,(H2,21,22,23). The third-order valence-electron chi connectivity index (χ3n) is 5.32. The van der Waals surface area contributed by atoms with E-state index in [9.17, 15) is 8.42 Å². The summed E-state index contributed by atoms with van der Waals surface area (Å²) in [7, 11) is -2.88. The second kappa shape index (κ2) is 10.2. The summed E-state index contributed by atoms with van der Waals surface area (Å²) < 4.78 is 23.3. The number of piperazine rings is 1. The molecule has 7 nitrogen and oxygen atoms in total. The minimum absolute atomic E-state index is 0.0238. The zero-order valence-corrected chi connectivity index (χ0v) is 17.6. The molecule has 1 atom stereocenters. The van der Waals surface area contributed by atoms with Crippen LogP contribution in [-0.4, -0.2) is 87.5 Å². The van der Waals surface area contributed by atoms with E-state index in [1.807, 2.05) is 6.92 Å². The van der Waals surface area contributed by atoms with Crippen molar-refractivity contribution in [3.63, 3.8) is 0 Å². The smallest absolute Gasteiger partial charge is 0.191 e. The molecule has 8 heteroatoms. The highest BCUT2D eigenvalue weighted by atomic mass is 32.2. The Morgan fingerprint density at radius 3 is 2.50 bits per heavy atom. The molecule has 0 saturated carbocycles. The van der Waals surface area contributed by atoms with Crippen LogP contribution in [0.5, 0.6) is 0 Å². The molecule has 156 valence electrons. The number of guanidine groups is 1. The molecule has 2 aliphatic rings. The van der Waals surface area contributed by atoms with Crippen LogP contribution in [0.1, 0.15) is 18.9 Å². The second-order valence-electron chi connectivity index (χ2n) is 7.61. The zero-order chi connectivity index (χ0) is 19.8. The van der Waals surface area contributed by atoms with Crippen molar-refractivity contribution in [2.45, 2.75) is 25.9 Å². The topological polar surface area (TPSA) is 77.0 Å². The Balaban J connectivity index is 1.39. The lowest BCUT2D eigenvalue weighted by molar-refractivity contribution is 0.130. The van der Waals surface area contributed by atoms with Crippen molar-refractivity contribution < 1.29 is 8.42 Å². The molecule has 0 spiro atoms. The molecule has 28 heavy (non-hydrogen) atoms. The minimum atomic E-state index is -2.88. The molecule has 0 aromatic heterocycles. The van der Waals surface area contributed by atoms with Gasteiger partial charge in [0.2, 0.25) is 0 Å². The Morgan fingerprint density at radius 2 is 1.86 bits per heavy atom. The number of hydrogen-bond acceptors (Lipinski definition) is 5. The normalized spacial score (nSPS) is 23.6. The molecule has 2 aliphatic heterocycles. The SMILES string of the molecule is CCNC(=NCCN1CCN(Cc2ccccc2)CC1)NC1CCS(=O)(=O)C1. The Hall–Kier alpha value is -1.64. The fourth-order valence-corrected chi connectivity index (χ4v) is 5.41. The number of hydrogen-bond donors (Lipinski definition) is 2. The summed E-state index contributed by atoms with van der Waals surface area (Å²) in [6.07, 6.45) is 0.663. The van der Waals surface area contributed by atoms with E-state index >= 15 is 0 Å². The van der Waals surface area contributed by atoms with Crippen LogP contribution < -0.4 is 10.6 Å². The Kier molecular flexibility index (Phi) is 7.70. The van der Waals surface area contributed by atoms with Gasteiger partial charge in [-0.2, -0.15) is 0 Å². The lowest BCUT2D eigenvalue weighted by atomic mass is 10.2. The predicted molar refractivity (Wildman–Crippen MR) is 114 cm³/mol. The number of aliphatic imine (C=N–C) groups is 1. The Morgan fingerprint density at radius 1 is 1.14 bits per heavy atom. The first-order chi connectivity index (χ1) is 13.5. The van der Waals surface area contributed by atoms with Crippen molar-refractivity contribution in [1.29, 1.82) is 0 Å². The van der Waals surface area contributed by atoms with Crippen molar-refractivity contribution in [3.8, 4) is 0 Å². The summed E-state index contributed by atoms with van der Waals surface area (Å²) in [6.45, 7) is 9.74. The van der Waals surface area contributed by atoms with Gasteiger partial charge in [0.15, 0.2) is 15.8 Å². The lowest BCUT2D eigenvalue weighted by Gasteiger charge is -2.34. The number of nitrogens with one attached hydrogen (secondary N) is 2. The molecular weight excluding hydrogens is 374 g/mol. The Labute approximate surface area is 169 Å². The molecule has 2 saturated heterocycles. The van der Waals surface area contributed by atoms with Crippen LogP contribution in [0.3, 0.4) is 0 Å². The van der Waals surface area contributed by atoms with E-state index in [2.05, 4.69) is 55.8 Å². The van der Waals surface area contributed by atoms with Crippen molar-refractivity contribution in [2.24, 2.45) is 4.99 Å². The highest BCUT2D eigenvalue weighted by Gasteiger charge is 2.28. The van der Waals surface area contributed by atoms with Gasteiger partial charge in [-0.1, -0.05) is 30.3 Å². The number of sulfone groups is 1. The number of nitrogens with zero attached hydrogens (tertiary/aromatic N) is 3. The molecular formula is C20H33N5O2S. The van der Waals surface area contributed by atoms with Gasteiger partial charge in [0, 0.05) is 51.9 Å². The van der Waals surface area contributed by atoms with E-state index in [0.717, 1.165) is 51.8 Å². The molecule has 0 bridgehead atoms. The molecule has 1 unspecified atom stereocenters. The summed E-state index contributed by atoms with van der Waals surface area (Å²) in [5.74, 6) is 1.21. The summed E-state index contributed by atoms with van der Waals surface area (Å²) in [4.78, 5) is 9.60. The molecule has 1 aromatic carbocycles. The van der Waals surface area contributed by atoms with Crippen LogP contribution >= 0.6 is 0 Å². The average molecular weight is 408 g/mol. The molecule has 0 radical (unpaired) electrons. The first-order valence-corrected chi connectivity index (χ1v) is 12.1. The molecule has 0 amide bonds. The van der Waals surface area contributed by atoms with E-state index in [1.165, 1.54) is 5.56 Å². The molecule has 0 aliphatic carbocycles. The second-order valence-corrected chi connectivity index (χ2v) is 9.84. The Bertz CT molecular complexity index is 730. The van der Waals surface area contributed by atoms with Crippen LogP contribution in [0.2, 0.25) is 0 Å². The van der Waals surface area contributed by atoms with Gasteiger partial charge in [0.05, 0.1) is 18.1 Å². The third kappa shape index (κ3) is 6.76. The maximum Gasteiger partial charge on any atom is 0.191 e. The fraction of sp³-hybridized carbons (Fsp3) is 0.650. The van der Waals surface area contributed by atoms with Crippen LogP contribution in [0.15, 0.2) is 35.3 Å². The van der Waals surface area contributed by atoms with E-state index in [0.29, 0.717) is 13.0 Å². The maximum atomic E-state index is 11.6. The van der Waals surface area contributed by atoms with Crippen LogP contribution in [-0.2, 0) is 16.4 Å². The van der Waals surface area contributed by atoms with E-state index < -0.39 is 9.84 Å². The summed E-state index contributed by atoms with van der Waals surface area (Å²) >= 11 is 0. The van der Waals surface area contributed by atoms with Crippen molar-refractivity contribution in [2.75, 3.05) is 57.3 Å². The highest BCUT2D eigenvalue weighted by Crippen LogP contribution is 2.11. The van der Waals surface area contributed by atoms with E-state index in [1.54, 1.807) is 0 Å². The monoisotopic (exact) mass is 407 g/mol. The molecule has 3 rings (SSSR count). The van der Waals surface area contributed by atoms with E-state index in [4.69, 9.17) is 0 Å². The van der Waals surface area contributed by atoms with Crippen molar-refractivity contribution in [1.82, 2.24) is 20.4 Å². The first kappa shape index (κ1) is 21.1. The first-order valence-electron chi connectivity index (χ1n) is 10.3. The van der Waals surface area contributed by atoms with Gasteiger partial charge < -0.3 is 10.6 Å². The summed E-state index contributed by atoms with van der Waals surface area (Å²) in [5.41, 5.74) is 1.37. The molecule has 1 aromatic rings. The van der Waals surface area contributed by atoms with Gasteiger partial charge in [-0.15, -0.1) is 0 Å². The number of benzene rings is 1. The van der Waals surface area contributed by atoms with Crippen LogP contribution in [0, 0.1) is 0 Å². The van der Waals surface area contributed by atoms with Crippen molar-refractivity contribution >= 4 is 15.8 Å². The largest absolute Gasteiger partial charge is 0.357 e. The lowest BCUT2D eigenvalue weighted by Crippen LogP contribution is -2.47. The maximum absolute atomic E-state index is 11.6. The summed E-state index contributed by atoms with van der Waals surface area (Å²) in [5, 5.41) is 6.50. The molecule has 2 heterocycles. The average Bonchev–Trinajstić information content (AvgIpc) is 3.02. The van der Waals surface area contributed by atoms with E-state index in [-0.39, 0.29) is 17.5 Å². The fourth-order valence-electron chi connectivity index (χ4n) is 3.74. The highest BCUT2D eigenvalue weighted by molar-refractivity contribution is 7.91. The molecule has 2 N–H and O–H groups in total. The quantitative estimate of drug-likeness (QED) is 0.508. The van der Waals surface area contributed by atoms with Crippen LogP contribution in [0.4, 0.5) is 0 Å². The van der Waals surface area contributed by atoms with Gasteiger partial charge in [-0.05, 0) is 18.9 Å². The van der Waals surface area contributed by atoms with Gasteiger partial charge in [-0.3, -0.25) is 14.8 Å². The van der Waals surface area contributed by atoms with Gasteiger partial charge >= 0.3 is 0 Å². The predicted octanol–water partition coefficient (Wildman–Crippen LogP) is 0.546. The van der Waals surface area contributed by atoms with Gasteiger partial charge in [0.25, 0.3) is 0 Å². The zero-order valence-electron chi connectivity index (χ0n) is 16.8. The summed E-state index contributed by atoms with van der Waals surface area (Å²) in [6, 6.07) is 10.6. The van der Waals surface area contributed by atoms with Crippen LogP contribution in [0.25, 0.3) is 0 Å².